The van der Waals surface area contributed by atoms with E-state index in [-0.39, 0.29) is 18.4 Å². The van der Waals surface area contributed by atoms with Gasteiger partial charge < -0.3 is 16.6 Å². The Morgan fingerprint density at radius 2 is 2.07 bits per heavy atom. The fourth-order valence-corrected chi connectivity index (χ4v) is 1.53. The van der Waals surface area contributed by atoms with Crippen LogP contribution in [0.2, 0.25) is 0 Å². The molecule has 1 aromatic carbocycles. The normalized spacial score (nSPS) is 11.9. The first-order chi connectivity index (χ1) is 6.70. The van der Waals surface area contributed by atoms with Crippen molar-refractivity contribution in [1.29, 1.82) is 0 Å². The second kappa shape index (κ2) is 6.67. The largest absolute Gasteiger partial charge is 0.507 e. The average molecular weight is 231 g/mol. The van der Waals surface area contributed by atoms with Crippen molar-refractivity contribution in [2.24, 2.45) is 11.5 Å². The summed E-state index contributed by atoms with van der Waals surface area (Å²) in [7, 11) is 0. The monoisotopic (exact) mass is 230 g/mol. The van der Waals surface area contributed by atoms with Crippen LogP contribution < -0.4 is 11.5 Å². The summed E-state index contributed by atoms with van der Waals surface area (Å²) in [6, 6.07) is 5.53. The third kappa shape index (κ3) is 3.38. The van der Waals surface area contributed by atoms with Crippen LogP contribution in [0.5, 0.6) is 5.75 Å². The van der Waals surface area contributed by atoms with Crippen LogP contribution in [0.25, 0.3) is 0 Å². The molecule has 0 radical (unpaired) electrons. The molecule has 0 bridgehead atoms. The quantitative estimate of drug-likeness (QED) is 0.738. The third-order valence-corrected chi connectivity index (χ3v) is 2.41. The molecule has 4 heteroatoms. The van der Waals surface area contributed by atoms with Crippen molar-refractivity contribution < 1.29 is 5.11 Å². The Morgan fingerprint density at radius 1 is 1.40 bits per heavy atom. The highest BCUT2D eigenvalue weighted by atomic mass is 35.5. The van der Waals surface area contributed by atoms with Gasteiger partial charge in [-0.15, -0.1) is 12.4 Å². The van der Waals surface area contributed by atoms with Crippen molar-refractivity contribution >= 4 is 12.4 Å². The molecule has 0 aliphatic rings. The van der Waals surface area contributed by atoms with Gasteiger partial charge in [0.2, 0.25) is 0 Å². The molecule has 5 N–H and O–H groups in total. The minimum atomic E-state index is -0.161. The smallest absolute Gasteiger partial charge is 0.123 e. The zero-order valence-electron chi connectivity index (χ0n) is 8.94. The van der Waals surface area contributed by atoms with Gasteiger partial charge in [-0.05, 0) is 24.9 Å². The van der Waals surface area contributed by atoms with Crippen molar-refractivity contribution in [3.05, 3.63) is 29.3 Å². The highest BCUT2D eigenvalue weighted by Gasteiger charge is 2.11. The summed E-state index contributed by atoms with van der Waals surface area (Å²) < 4.78 is 0. The predicted octanol–water partition coefficient (Wildman–Crippen LogP) is 1.73. The summed E-state index contributed by atoms with van der Waals surface area (Å²) in [5.41, 5.74) is 13.1. The lowest BCUT2D eigenvalue weighted by molar-refractivity contribution is 0.453. The maximum absolute atomic E-state index is 9.87. The predicted molar refractivity (Wildman–Crippen MR) is 65.3 cm³/mol. The molecule has 0 aliphatic heterocycles. The maximum atomic E-state index is 9.87. The molecule has 0 saturated heterocycles. The summed E-state index contributed by atoms with van der Waals surface area (Å²) in [5.74, 6) is 0.330. The second-order valence-electron chi connectivity index (χ2n) is 3.39. The number of phenolic OH excluding ortho intramolecular Hbond substituents is 1. The molecule has 1 rings (SSSR count). The topological polar surface area (TPSA) is 72.3 Å². The molecule has 86 valence electrons. The molecule has 0 aliphatic carbocycles. The van der Waals surface area contributed by atoms with Crippen LogP contribution in [0.15, 0.2) is 18.2 Å². The zero-order valence-corrected chi connectivity index (χ0v) is 9.76. The van der Waals surface area contributed by atoms with Gasteiger partial charge in [0.25, 0.3) is 0 Å². The van der Waals surface area contributed by atoms with E-state index in [1.165, 1.54) is 0 Å². The lowest BCUT2D eigenvalue weighted by Gasteiger charge is -2.14. The molecule has 3 nitrogen and oxygen atoms in total. The Balaban J connectivity index is 0.00000196. The summed E-state index contributed by atoms with van der Waals surface area (Å²) in [6.45, 7) is 2.55. The number of rotatable bonds is 4. The fourth-order valence-electron chi connectivity index (χ4n) is 1.53. The fraction of sp³-hybridized carbons (Fsp3) is 0.455. The van der Waals surface area contributed by atoms with Gasteiger partial charge in [-0.1, -0.05) is 25.1 Å². The van der Waals surface area contributed by atoms with Crippen LogP contribution in [0, 0.1) is 0 Å². The van der Waals surface area contributed by atoms with E-state index < -0.39 is 0 Å². The van der Waals surface area contributed by atoms with Gasteiger partial charge in [0.15, 0.2) is 0 Å². The van der Waals surface area contributed by atoms with Crippen molar-refractivity contribution in [3.63, 3.8) is 0 Å². The molecule has 15 heavy (non-hydrogen) atoms. The Kier molecular flexibility index (Phi) is 6.32. The minimum absolute atomic E-state index is 0. The molecule has 1 atom stereocenters. The van der Waals surface area contributed by atoms with Gasteiger partial charge in [0, 0.05) is 11.6 Å². The number of nitrogens with two attached hydrogens (primary N) is 2. The standard InChI is InChI=1S/C11H18N2O.ClH/c1-2-8-4-3-5-9(11(8)14)10(13)6-7-12;/h3-5,10,14H,2,6-7,12-13H2,1H3;1H/t10-;/m0./s1. The van der Waals surface area contributed by atoms with E-state index >= 15 is 0 Å². The number of aryl methyl sites for hydroxylation is 1. The summed E-state index contributed by atoms with van der Waals surface area (Å²) >= 11 is 0. The van der Waals surface area contributed by atoms with Crippen molar-refractivity contribution in [3.8, 4) is 5.75 Å². The molecule has 0 fully saturated rings. The highest BCUT2D eigenvalue weighted by molar-refractivity contribution is 5.85. The number of halogens is 1. The summed E-state index contributed by atoms with van der Waals surface area (Å²) in [5, 5.41) is 9.87. The number of aromatic hydroxyl groups is 1. The Morgan fingerprint density at radius 3 is 2.60 bits per heavy atom. The second-order valence-corrected chi connectivity index (χ2v) is 3.39. The molecular weight excluding hydrogens is 212 g/mol. The number of hydrogen-bond acceptors (Lipinski definition) is 3. The first-order valence-electron chi connectivity index (χ1n) is 4.97. The Labute approximate surface area is 96.9 Å². The molecular formula is C11H19ClN2O. The van der Waals surface area contributed by atoms with Gasteiger partial charge in [-0.2, -0.15) is 0 Å². The first-order valence-corrected chi connectivity index (χ1v) is 4.97. The van der Waals surface area contributed by atoms with Gasteiger partial charge in [0.1, 0.15) is 5.75 Å². The lowest BCUT2D eigenvalue weighted by atomic mass is 9.99. The van der Waals surface area contributed by atoms with Crippen molar-refractivity contribution in [1.82, 2.24) is 0 Å². The van der Waals surface area contributed by atoms with Gasteiger partial charge in [-0.3, -0.25) is 0 Å². The van der Waals surface area contributed by atoms with Crippen molar-refractivity contribution in [2.75, 3.05) is 6.54 Å². The molecule has 0 spiro atoms. The first kappa shape index (κ1) is 14.2. The van der Waals surface area contributed by atoms with Crippen LogP contribution in [0.1, 0.15) is 30.5 Å². The Hall–Kier alpha value is -0.770. The summed E-state index contributed by atoms with van der Waals surface area (Å²) in [6.07, 6.45) is 1.51. The van der Waals surface area contributed by atoms with Crippen molar-refractivity contribution in [2.45, 2.75) is 25.8 Å². The van der Waals surface area contributed by atoms with E-state index in [1.807, 2.05) is 25.1 Å². The van der Waals surface area contributed by atoms with Crippen LogP contribution in [0.3, 0.4) is 0 Å². The van der Waals surface area contributed by atoms with E-state index in [4.69, 9.17) is 11.5 Å². The molecule has 0 saturated carbocycles. The van der Waals surface area contributed by atoms with E-state index in [0.717, 1.165) is 17.5 Å². The number of benzene rings is 1. The molecule has 0 amide bonds. The van der Waals surface area contributed by atoms with Gasteiger partial charge in [0.05, 0.1) is 0 Å². The van der Waals surface area contributed by atoms with E-state index in [9.17, 15) is 5.11 Å². The minimum Gasteiger partial charge on any atom is -0.507 e. The molecule has 0 unspecified atom stereocenters. The molecule has 0 heterocycles. The maximum Gasteiger partial charge on any atom is 0.123 e. The highest BCUT2D eigenvalue weighted by Crippen LogP contribution is 2.28. The number of phenols is 1. The Bertz CT molecular complexity index is 305. The summed E-state index contributed by atoms with van der Waals surface area (Å²) in [4.78, 5) is 0. The number of para-hydroxylation sites is 1. The van der Waals surface area contributed by atoms with E-state index in [0.29, 0.717) is 18.7 Å². The zero-order chi connectivity index (χ0) is 10.6. The third-order valence-electron chi connectivity index (χ3n) is 2.41. The number of hydrogen-bond donors (Lipinski definition) is 3. The van der Waals surface area contributed by atoms with Gasteiger partial charge in [-0.25, -0.2) is 0 Å². The van der Waals surface area contributed by atoms with Crippen LogP contribution in [-0.4, -0.2) is 11.7 Å². The lowest BCUT2D eigenvalue weighted by Crippen LogP contribution is -2.15. The van der Waals surface area contributed by atoms with E-state index in [1.54, 1.807) is 0 Å². The van der Waals surface area contributed by atoms with Crippen LogP contribution in [-0.2, 0) is 6.42 Å². The van der Waals surface area contributed by atoms with Gasteiger partial charge >= 0.3 is 0 Å². The van der Waals surface area contributed by atoms with Crippen LogP contribution >= 0.6 is 12.4 Å². The molecule has 1 aromatic rings. The SMILES string of the molecule is CCc1cccc([C@@H](N)CCN)c1O.Cl. The average Bonchev–Trinajstić information content (AvgIpc) is 2.18. The van der Waals surface area contributed by atoms with Crippen LogP contribution in [0.4, 0.5) is 0 Å². The van der Waals surface area contributed by atoms with E-state index in [2.05, 4.69) is 0 Å². The molecule has 0 aromatic heterocycles.